The van der Waals surface area contributed by atoms with E-state index < -0.39 is 5.60 Å². The van der Waals surface area contributed by atoms with E-state index >= 15 is 0 Å². The highest BCUT2D eigenvalue weighted by Crippen LogP contribution is 2.36. The van der Waals surface area contributed by atoms with Gasteiger partial charge in [-0.2, -0.15) is 0 Å². The minimum Gasteiger partial charge on any atom is -0.496 e. The van der Waals surface area contributed by atoms with Crippen molar-refractivity contribution in [3.05, 3.63) is 29.6 Å². The van der Waals surface area contributed by atoms with Crippen LogP contribution in [0.3, 0.4) is 0 Å². The number of hydrogen-bond donors (Lipinski definition) is 2. The molecule has 2 rings (SSSR count). The summed E-state index contributed by atoms with van der Waals surface area (Å²) in [5.41, 5.74) is -0.421. The Hall–Kier alpha value is -0.840. The van der Waals surface area contributed by atoms with Crippen molar-refractivity contribution < 1.29 is 14.2 Å². The lowest BCUT2D eigenvalue weighted by molar-refractivity contribution is 0.00365. The molecule has 0 atom stereocenters. The van der Waals surface area contributed by atoms with Crippen LogP contribution in [0.15, 0.2) is 18.2 Å². The van der Waals surface area contributed by atoms with Gasteiger partial charge in [-0.15, -0.1) is 12.4 Å². The second-order valence-electron chi connectivity index (χ2n) is 4.13. The van der Waals surface area contributed by atoms with Crippen molar-refractivity contribution in [3.8, 4) is 5.75 Å². The van der Waals surface area contributed by atoms with Gasteiger partial charge >= 0.3 is 0 Å². The summed E-state index contributed by atoms with van der Waals surface area (Å²) in [6.07, 6.45) is 1.15. The minimum absolute atomic E-state index is 0. The molecular formula is C12H17ClFNO2. The van der Waals surface area contributed by atoms with Crippen LogP contribution >= 0.6 is 12.4 Å². The summed E-state index contributed by atoms with van der Waals surface area (Å²) in [4.78, 5) is 0. The third-order valence-electron chi connectivity index (χ3n) is 3.09. The van der Waals surface area contributed by atoms with Gasteiger partial charge in [-0.1, -0.05) is 0 Å². The van der Waals surface area contributed by atoms with Crippen LogP contribution in [0, 0.1) is 5.82 Å². The summed E-state index contributed by atoms with van der Waals surface area (Å²) in [7, 11) is 1.53. The molecular weight excluding hydrogens is 245 g/mol. The SMILES string of the molecule is COc1ccc(F)cc1C1(O)CCNCC1.Cl. The summed E-state index contributed by atoms with van der Waals surface area (Å²) in [5.74, 6) is 0.202. The number of rotatable bonds is 2. The normalized spacial score (nSPS) is 18.3. The van der Waals surface area contributed by atoms with Crippen LogP contribution in [0.25, 0.3) is 0 Å². The molecule has 0 aromatic heterocycles. The fourth-order valence-corrected chi connectivity index (χ4v) is 2.15. The third kappa shape index (κ3) is 2.89. The van der Waals surface area contributed by atoms with Crippen LogP contribution < -0.4 is 10.1 Å². The smallest absolute Gasteiger partial charge is 0.125 e. The number of piperidine rings is 1. The second-order valence-corrected chi connectivity index (χ2v) is 4.13. The van der Waals surface area contributed by atoms with Crippen molar-refractivity contribution in [2.75, 3.05) is 20.2 Å². The van der Waals surface area contributed by atoms with Crippen LogP contribution in [-0.4, -0.2) is 25.3 Å². The molecule has 1 aliphatic heterocycles. The number of methoxy groups -OCH3 is 1. The van der Waals surface area contributed by atoms with E-state index in [-0.39, 0.29) is 18.2 Å². The standard InChI is InChI=1S/C12H16FNO2.ClH/c1-16-11-3-2-9(13)8-10(11)12(15)4-6-14-7-5-12;/h2-3,8,14-15H,4-7H2,1H3;1H. The van der Waals surface area contributed by atoms with Crippen molar-refractivity contribution >= 4 is 12.4 Å². The molecule has 0 unspecified atom stereocenters. The maximum atomic E-state index is 13.2. The van der Waals surface area contributed by atoms with Gasteiger partial charge < -0.3 is 15.2 Å². The third-order valence-corrected chi connectivity index (χ3v) is 3.09. The molecule has 0 spiro atoms. The Kier molecular flexibility index (Phi) is 4.74. The number of halogens is 2. The van der Waals surface area contributed by atoms with Gasteiger partial charge in [-0.05, 0) is 44.1 Å². The molecule has 1 aromatic carbocycles. The van der Waals surface area contributed by atoms with Crippen molar-refractivity contribution in [1.29, 1.82) is 0 Å². The van der Waals surface area contributed by atoms with E-state index in [2.05, 4.69) is 5.32 Å². The zero-order valence-corrected chi connectivity index (χ0v) is 10.5. The van der Waals surface area contributed by atoms with Gasteiger partial charge in [0.05, 0.1) is 12.7 Å². The first-order chi connectivity index (χ1) is 7.65. The number of ether oxygens (including phenoxy) is 1. The molecule has 1 aliphatic rings. The summed E-state index contributed by atoms with van der Waals surface area (Å²) < 4.78 is 18.4. The van der Waals surface area contributed by atoms with Gasteiger partial charge in [-0.3, -0.25) is 0 Å². The van der Waals surface area contributed by atoms with Crippen molar-refractivity contribution in [2.45, 2.75) is 18.4 Å². The van der Waals surface area contributed by atoms with E-state index in [9.17, 15) is 9.50 Å². The van der Waals surface area contributed by atoms with E-state index in [1.54, 1.807) is 6.07 Å². The second kappa shape index (κ2) is 5.67. The number of hydrogen-bond acceptors (Lipinski definition) is 3. The molecule has 0 saturated carbocycles. The average Bonchev–Trinajstić information content (AvgIpc) is 2.30. The summed E-state index contributed by atoms with van der Waals surface area (Å²) in [6, 6.07) is 4.27. The minimum atomic E-state index is -0.974. The van der Waals surface area contributed by atoms with E-state index in [1.165, 1.54) is 19.2 Å². The summed E-state index contributed by atoms with van der Waals surface area (Å²) in [6.45, 7) is 1.46. The molecule has 1 saturated heterocycles. The Morgan fingerprint density at radius 1 is 1.35 bits per heavy atom. The maximum Gasteiger partial charge on any atom is 0.125 e. The van der Waals surface area contributed by atoms with Crippen molar-refractivity contribution in [2.24, 2.45) is 0 Å². The largest absolute Gasteiger partial charge is 0.496 e. The lowest BCUT2D eigenvalue weighted by atomic mass is 9.84. The molecule has 1 aromatic rings. The van der Waals surface area contributed by atoms with E-state index in [0.29, 0.717) is 24.2 Å². The van der Waals surface area contributed by atoms with E-state index in [4.69, 9.17) is 4.74 Å². The van der Waals surface area contributed by atoms with Crippen LogP contribution in [0.1, 0.15) is 18.4 Å². The fraction of sp³-hybridized carbons (Fsp3) is 0.500. The Morgan fingerprint density at radius 2 is 2.00 bits per heavy atom. The highest BCUT2D eigenvalue weighted by Gasteiger charge is 2.34. The first-order valence-corrected chi connectivity index (χ1v) is 5.43. The highest BCUT2D eigenvalue weighted by atomic mass is 35.5. The van der Waals surface area contributed by atoms with Crippen LogP contribution in [0.4, 0.5) is 4.39 Å². The fourth-order valence-electron chi connectivity index (χ4n) is 2.15. The Morgan fingerprint density at radius 3 is 2.59 bits per heavy atom. The Balaban J connectivity index is 0.00000144. The Labute approximate surface area is 106 Å². The number of nitrogens with one attached hydrogen (secondary N) is 1. The van der Waals surface area contributed by atoms with E-state index in [0.717, 1.165) is 13.1 Å². The van der Waals surface area contributed by atoms with E-state index in [1.807, 2.05) is 0 Å². The first kappa shape index (κ1) is 14.2. The van der Waals surface area contributed by atoms with Crippen molar-refractivity contribution in [1.82, 2.24) is 5.32 Å². The van der Waals surface area contributed by atoms with Gasteiger partial charge in [0.15, 0.2) is 0 Å². The lowest BCUT2D eigenvalue weighted by Gasteiger charge is -2.33. The average molecular weight is 262 g/mol. The Bertz CT molecular complexity index is 381. The molecule has 0 bridgehead atoms. The zero-order valence-electron chi connectivity index (χ0n) is 9.70. The zero-order chi connectivity index (χ0) is 11.6. The topological polar surface area (TPSA) is 41.5 Å². The first-order valence-electron chi connectivity index (χ1n) is 5.43. The molecule has 0 amide bonds. The molecule has 17 heavy (non-hydrogen) atoms. The van der Waals surface area contributed by atoms with Crippen LogP contribution in [-0.2, 0) is 5.60 Å². The lowest BCUT2D eigenvalue weighted by Crippen LogP contribution is -2.40. The molecule has 5 heteroatoms. The predicted octanol–water partition coefficient (Wildman–Crippen LogP) is 1.83. The summed E-state index contributed by atoms with van der Waals surface area (Å²) >= 11 is 0. The number of benzene rings is 1. The quantitative estimate of drug-likeness (QED) is 0.854. The molecule has 1 heterocycles. The van der Waals surface area contributed by atoms with Crippen molar-refractivity contribution in [3.63, 3.8) is 0 Å². The monoisotopic (exact) mass is 261 g/mol. The van der Waals surface area contributed by atoms with Gasteiger partial charge in [0.2, 0.25) is 0 Å². The van der Waals surface area contributed by atoms with Crippen LogP contribution in [0.5, 0.6) is 5.75 Å². The van der Waals surface area contributed by atoms with Gasteiger partial charge in [-0.25, -0.2) is 4.39 Å². The predicted molar refractivity (Wildman–Crippen MR) is 66.2 cm³/mol. The van der Waals surface area contributed by atoms with Crippen LogP contribution in [0.2, 0.25) is 0 Å². The highest BCUT2D eigenvalue weighted by molar-refractivity contribution is 5.85. The number of aliphatic hydroxyl groups is 1. The van der Waals surface area contributed by atoms with Gasteiger partial charge in [0.1, 0.15) is 11.6 Å². The van der Waals surface area contributed by atoms with Gasteiger partial charge in [0.25, 0.3) is 0 Å². The molecule has 3 nitrogen and oxygen atoms in total. The maximum absolute atomic E-state index is 13.2. The molecule has 2 N–H and O–H groups in total. The molecule has 0 radical (unpaired) electrons. The summed E-state index contributed by atoms with van der Waals surface area (Å²) in [5, 5.41) is 13.7. The molecule has 96 valence electrons. The van der Waals surface area contributed by atoms with Gasteiger partial charge in [0, 0.05) is 5.56 Å². The molecule has 0 aliphatic carbocycles. The molecule has 1 fully saturated rings.